The molecule has 6 heteroatoms. The summed E-state index contributed by atoms with van der Waals surface area (Å²) in [6.45, 7) is 1.63. The molecule has 0 aromatic heterocycles. The Bertz CT molecular complexity index is 915. The average molecular weight is 346 g/mol. The number of benzene rings is 2. The van der Waals surface area contributed by atoms with Crippen molar-refractivity contribution in [1.29, 1.82) is 0 Å². The van der Waals surface area contributed by atoms with Crippen LogP contribution in [0.1, 0.15) is 24.0 Å². The van der Waals surface area contributed by atoms with Crippen molar-refractivity contribution in [2.45, 2.75) is 24.2 Å². The van der Waals surface area contributed by atoms with Crippen LogP contribution in [0.5, 0.6) is 5.75 Å². The quantitative estimate of drug-likeness (QED) is 0.921. The van der Waals surface area contributed by atoms with Crippen LogP contribution in [-0.4, -0.2) is 32.4 Å². The Kier molecular flexibility index (Phi) is 4.09. The first-order valence-electron chi connectivity index (χ1n) is 7.60. The second kappa shape index (κ2) is 5.94. The summed E-state index contributed by atoms with van der Waals surface area (Å²) in [5.74, 6) is -0.772. The Morgan fingerprint density at radius 1 is 1.21 bits per heavy atom. The van der Waals surface area contributed by atoms with Gasteiger partial charge in [0.2, 0.25) is 0 Å². The van der Waals surface area contributed by atoms with E-state index >= 15 is 0 Å². The van der Waals surface area contributed by atoms with Crippen LogP contribution in [0.25, 0.3) is 11.1 Å². The molecule has 1 aliphatic rings. The van der Waals surface area contributed by atoms with Crippen LogP contribution < -0.4 is 4.74 Å². The van der Waals surface area contributed by atoms with Crippen LogP contribution in [-0.2, 0) is 21.1 Å². The van der Waals surface area contributed by atoms with E-state index < -0.39 is 21.7 Å². The van der Waals surface area contributed by atoms with E-state index in [1.165, 1.54) is 0 Å². The molecule has 2 aromatic rings. The fourth-order valence-electron chi connectivity index (χ4n) is 2.96. The second-order valence-electron chi connectivity index (χ2n) is 5.91. The normalized spacial score (nSPS) is 16.4. The molecule has 0 bridgehead atoms. The molecule has 1 atom stereocenters. The number of carboxylic acid groups (broad SMARTS) is 1. The molecule has 0 aliphatic carbocycles. The lowest BCUT2D eigenvalue weighted by Crippen LogP contribution is -2.07. The topological polar surface area (TPSA) is 80.7 Å². The largest absolute Gasteiger partial charge is 0.496 e. The van der Waals surface area contributed by atoms with Crippen LogP contribution in [0, 0.1) is 0 Å². The molecule has 24 heavy (non-hydrogen) atoms. The number of aliphatic carboxylic acids is 1. The van der Waals surface area contributed by atoms with E-state index in [0.29, 0.717) is 22.6 Å². The van der Waals surface area contributed by atoms with Gasteiger partial charge in [-0.1, -0.05) is 12.1 Å². The summed E-state index contributed by atoms with van der Waals surface area (Å²) in [7, 11) is -1.61. The molecule has 126 valence electrons. The zero-order valence-electron chi connectivity index (χ0n) is 13.4. The molecule has 0 saturated heterocycles. The number of hydrogen-bond donors (Lipinski definition) is 1. The number of sulfone groups is 1. The number of rotatable bonds is 4. The summed E-state index contributed by atoms with van der Waals surface area (Å²) >= 11 is 0. The standard InChI is InChI=1S/C18H18O5S/c1-11(18(19)20)12-3-5-16(23-2)15(10-12)13-4-6-17-14(9-13)7-8-24(17,21)22/h3-6,9-11H,7-8H2,1-2H3,(H,19,20). The van der Waals surface area contributed by atoms with Crippen LogP contribution in [0.4, 0.5) is 0 Å². The molecule has 5 nitrogen and oxygen atoms in total. The minimum Gasteiger partial charge on any atom is -0.496 e. The van der Waals surface area contributed by atoms with Gasteiger partial charge < -0.3 is 9.84 Å². The molecule has 1 heterocycles. The van der Waals surface area contributed by atoms with Crippen molar-refractivity contribution in [3.8, 4) is 16.9 Å². The van der Waals surface area contributed by atoms with Crippen LogP contribution in [0.2, 0.25) is 0 Å². The first-order valence-corrected chi connectivity index (χ1v) is 9.25. The van der Waals surface area contributed by atoms with Gasteiger partial charge >= 0.3 is 5.97 Å². The summed E-state index contributed by atoms with van der Waals surface area (Å²) in [6, 6.07) is 10.5. The summed E-state index contributed by atoms with van der Waals surface area (Å²) in [6.07, 6.45) is 0.499. The monoisotopic (exact) mass is 346 g/mol. The zero-order valence-corrected chi connectivity index (χ0v) is 14.3. The maximum absolute atomic E-state index is 12.0. The van der Waals surface area contributed by atoms with E-state index in [1.807, 2.05) is 6.07 Å². The van der Waals surface area contributed by atoms with Crippen molar-refractivity contribution in [3.63, 3.8) is 0 Å². The molecular weight excluding hydrogens is 328 g/mol. The number of fused-ring (bicyclic) bond motifs is 1. The molecule has 2 aromatic carbocycles. The Morgan fingerprint density at radius 3 is 2.62 bits per heavy atom. The lowest BCUT2D eigenvalue weighted by atomic mass is 9.94. The number of carboxylic acids is 1. The molecule has 1 N–H and O–H groups in total. The maximum atomic E-state index is 12.0. The van der Waals surface area contributed by atoms with Crippen molar-refractivity contribution in [3.05, 3.63) is 47.5 Å². The third-order valence-electron chi connectivity index (χ3n) is 4.44. The first-order chi connectivity index (χ1) is 11.3. The smallest absolute Gasteiger partial charge is 0.310 e. The van der Waals surface area contributed by atoms with E-state index in [2.05, 4.69) is 0 Å². The molecule has 0 spiro atoms. The van der Waals surface area contributed by atoms with Gasteiger partial charge in [-0.05, 0) is 54.3 Å². The summed E-state index contributed by atoms with van der Waals surface area (Å²) in [5, 5.41) is 9.21. The van der Waals surface area contributed by atoms with Crippen LogP contribution >= 0.6 is 0 Å². The fourth-order valence-corrected chi connectivity index (χ4v) is 4.51. The van der Waals surface area contributed by atoms with E-state index in [9.17, 15) is 18.3 Å². The van der Waals surface area contributed by atoms with Crippen molar-refractivity contribution in [2.75, 3.05) is 12.9 Å². The predicted octanol–water partition coefficient (Wildman–Crippen LogP) is 2.88. The Hall–Kier alpha value is -2.34. The SMILES string of the molecule is COc1ccc(C(C)C(=O)O)cc1-c1ccc2c(c1)CCS2(=O)=O. The Balaban J connectivity index is 2.12. The summed E-state index contributed by atoms with van der Waals surface area (Å²) < 4.78 is 29.3. The zero-order chi connectivity index (χ0) is 17.5. The third kappa shape index (κ3) is 2.78. The maximum Gasteiger partial charge on any atom is 0.310 e. The number of carbonyl (C=O) groups is 1. The van der Waals surface area contributed by atoms with Gasteiger partial charge in [-0.3, -0.25) is 4.79 Å². The van der Waals surface area contributed by atoms with Crippen molar-refractivity contribution in [2.24, 2.45) is 0 Å². The van der Waals surface area contributed by atoms with Gasteiger partial charge in [-0.2, -0.15) is 0 Å². The molecule has 1 aliphatic heterocycles. The summed E-state index contributed by atoms with van der Waals surface area (Å²) in [5.41, 5.74) is 3.05. The lowest BCUT2D eigenvalue weighted by Gasteiger charge is -2.14. The van der Waals surface area contributed by atoms with Crippen molar-refractivity contribution in [1.82, 2.24) is 0 Å². The minimum atomic E-state index is -3.16. The first kappa shape index (κ1) is 16.5. The highest BCUT2D eigenvalue weighted by atomic mass is 32.2. The van der Waals surface area contributed by atoms with E-state index in [0.717, 1.165) is 16.7 Å². The van der Waals surface area contributed by atoms with Gasteiger partial charge in [0.05, 0.1) is 23.7 Å². The predicted molar refractivity (Wildman–Crippen MR) is 90.2 cm³/mol. The summed E-state index contributed by atoms with van der Waals surface area (Å²) in [4.78, 5) is 11.6. The Morgan fingerprint density at radius 2 is 1.96 bits per heavy atom. The molecule has 1 unspecified atom stereocenters. The van der Waals surface area contributed by atoms with Crippen molar-refractivity contribution < 1.29 is 23.1 Å². The van der Waals surface area contributed by atoms with Gasteiger partial charge in [0.15, 0.2) is 9.84 Å². The molecule has 0 radical (unpaired) electrons. The molecule has 3 rings (SSSR count). The average Bonchev–Trinajstić information content (AvgIpc) is 2.88. The second-order valence-corrected chi connectivity index (χ2v) is 7.99. The highest BCUT2D eigenvalue weighted by molar-refractivity contribution is 7.91. The highest BCUT2D eigenvalue weighted by Gasteiger charge is 2.26. The number of aryl methyl sites for hydroxylation is 1. The third-order valence-corrected chi connectivity index (χ3v) is 6.25. The minimum absolute atomic E-state index is 0.138. The van der Waals surface area contributed by atoms with E-state index in [-0.39, 0.29) is 5.75 Å². The highest BCUT2D eigenvalue weighted by Crippen LogP contribution is 2.36. The number of ether oxygens (including phenoxy) is 1. The van der Waals surface area contributed by atoms with Crippen LogP contribution in [0.15, 0.2) is 41.3 Å². The number of methoxy groups -OCH3 is 1. The van der Waals surface area contributed by atoms with Gasteiger partial charge in [0, 0.05) is 5.56 Å². The van der Waals surface area contributed by atoms with E-state index in [1.54, 1.807) is 44.4 Å². The molecular formula is C18H18O5S. The fraction of sp³-hybridized carbons (Fsp3) is 0.278. The van der Waals surface area contributed by atoms with E-state index in [4.69, 9.17) is 4.74 Å². The van der Waals surface area contributed by atoms with Crippen molar-refractivity contribution >= 4 is 15.8 Å². The van der Waals surface area contributed by atoms with Gasteiger partial charge in [0.1, 0.15) is 5.75 Å². The molecule has 0 amide bonds. The van der Waals surface area contributed by atoms with Crippen LogP contribution in [0.3, 0.4) is 0 Å². The molecule has 0 saturated carbocycles. The molecule has 0 fully saturated rings. The van der Waals surface area contributed by atoms with Gasteiger partial charge in [0.25, 0.3) is 0 Å². The Labute approximate surface area is 140 Å². The van der Waals surface area contributed by atoms with Gasteiger partial charge in [-0.15, -0.1) is 0 Å². The number of hydrogen-bond acceptors (Lipinski definition) is 4. The van der Waals surface area contributed by atoms with Gasteiger partial charge in [-0.25, -0.2) is 8.42 Å². The lowest BCUT2D eigenvalue weighted by molar-refractivity contribution is -0.138.